The summed E-state index contributed by atoms with van der Waals surface area (Å²) in [6, 6.07) is 8.92. The summed E-state index contributed by atoms with van der Waals surface area (Å²) in [5, 5.41) is 9.80. The number of alkyl halides is 2. The van der Waals surface area contributed by atoms with Crippen molar-refractivity contribution in [2.75, 3.05) is 20.2 Å². The number of hydrogen-bond donors (Lipinski definition) is 0. The van der Waals surface area contributed by atoms with Crippen LogP contribution in [0.3, 0.4) is 0 Å². The predicted octanol–water partition coefficient (Wildman–Crippen LogP) is 4.22. The maximum Gasteiger partial charge on any atom is 0.387 e. The van der Waals surface area contributed by atoms with Gasteiger partial charge in [-0.3, -0.25) is 14.0 Å². The molecule has 0 radical (unpaired) electrons. The number of methoxy groups -OCH3 is 1. The van der Waals surface area contributed by atoms with E-state index in [0.717, 1.165) is 18.4 Å². The number of imidazole rings is 1. The molecule has 36 heavy (non-hydrogen) atoms. The van der Waals surface area contributed by atoms with E-state index in [2.05, 4.69) is 11.1 Å². The average Bonchev–Trinajstić information content (AvgIpc) is 3.52. The van der Waals surface area contributed by atoms with Crippen molar-refractivity contribution in [2.24, 2.45) is 5.92 Å². The topological polar surface area (TPSA) is 96.9 Å². The van der Waals surface area contributed by atoms with Gasteiger partial charge >= 0.3 is 6.61 Å². The lowest BCUT2D eigenvalue weighted by atomic mass is 9.75. The first kappa shape index (κ1) is 23.7. The van der Waals surface area contributed by atoms with Gasteiger partial charge < -0.3 is 14.4 Å². The number of fused-ring (bicyclic) bond motifs is 1. The van der Waals surface area contributed by atoms with Crippen LogP contribution in [0.2, 0.25) is 0 Å². The number of amides is 1. The van der Waals surface area contributed by atoms with Crippen LogP contribution in [0.25, 0.3) is 16.9 Å². The molecule has 3 aromatic rings. The second-order valence-electron chi connectivity index (χ2n) is 9.36. The van der Waals surface area contributed by atoms with Gasteiger partial charge in [0.25, 0.3) is 0 Å². The van der Waals surface area contributed by atoms with Gasteiger partial charge in [0.15, 0.2) is 5.78 Å². The molecule has 1 saturated heterocycles. The molecule has 186 valence electrons. The fourth-order valence-electron chi connectivity index (χ4n) is 4.69. The Hall–Kier alpha value is -4.00. The monoisotopic (exact) mass is 494 g/mol. The van der Waals surface area contributed by atoms with Crippen molar-refractivity contribution in [3.05, 3.63) is 47.8 Å². The summed E-state index contributed by atoms with van der Waals surface area (Å²) in [5.41, 5.74) is 1.55. The van der Waals surface area contributed by atoms with E-state index in [-0.39, 0.29) is 41.1 Å². The number of likely N-dealkylation sites (tertiary alicyclic amines) is 1. The number of rotatable bonds is 8. The summed E-state index contributed by atoms with van der Waals surface area (Å²) < 4.78 is 38.5. The number of nitriles is 1. The van der Waals surface area contributed by atoms with Crippen LogP contribution in [0.1, 0.15) is 42.1 Å². The number of carbonyl (C=O) groups is 2. The molecule has 3 heterocycles. The van der Waals surface area contributed by atoms with Crippen LogP contribution in [0.5, 0.6) is 11.5 Å². The molecule has 1 aliphatic carbocycles. The van der Waals surface area contributed by atoms with Gasteiger partial charge in [-0.2, -0.15) is 14.0 Å². The van der Waals surface area contributed by atoms with E-state index in [9.17, 15) is 23.6 Å². The van der Waals surface area contributed by atoms with Crippen molar-refractivity contribution in [1.29, 1.82) is 5.26 Å². The summed E-state index contributed by atoms with van der Waals surface area (Å²) in [7, 11) is 1.38. The maximum atomic E-state index is 13.3. The first-order valence-electron chi connectivity index (χ1n) is 11.6. The second-order valence-corrected chi connectivity index (χ2v) is 9.36. The van der Waals surface area contributed by atoms with Crippen LogP contribution >= 0.6 is 0 Å². The van der Waals surface area contributed by atoms with E-state index in [1.165, 1.54) is 20.1 Å². The second kappa shape index (κ2) is 8.90. The molecule has 10 heteroatoms. The third-order valence-electron chi connectivity index (χ3n) is 6.89. The molecule has 0 bridgehead atoms. The maximum absolute atomic E-state index is 13.3. The highest BCUT2D eigenvalue weighted by Gasteiger charge is 2.46. The van der Waals surface area contributed by atoms with E-state index in [1.54, 1.807) is 39.9 Å². The lowest BCUT2D eigenvalue weighted by Crippen LogP contribution is -2.60. The number of carbonyl (C=O) groups excluding carboxylic acids is 2. The number of ketones is 1. The zero-order valence-electron chi connectivity index (χ0n) is 19.8. The van der Waals surface area contributed by atoms with E-state index < -0.39 is 12.0 Å². The van der Waals surface area contributed by atoms with Crippen LogP contribution in [-0.2, 0) is 10.2 Å². The smallest absolute Gasteiger partial charge is 0.387 e. The molecule has 5 rings (SSSR count). The number of ether oxygens (including phenoxy) is 2. The summed E-state index contributed by atoms with van der Waals surface area (Å²) in [6.07, 6.45) is 5.47. The highest BCUT2D eigenvalue weighted by Crippen LogP contribution is 2.41. The SMILES string of the molecule is COc1cc(-c2cnc3cc(C4(C#N)CN(C(C)=O)C4)ccn23)cc(OC(F)F)c1C(=O)CC1CC1. The Morgan fingerprint density at radius 3 is 2.58 bits per heavy atom. The zero-order valence-corrected chi connectivity index (χ0v) is 19.8. The van der Waals surface area contributed by atoms with Gasteiger partial charge in [-0.25, -0.2) is 4.98 Å². The molecule has 8 nitrogen and oxygen atoms in total. The third kappa shape index (κ3) is 4.15. The summed E-state index contributed by atoms with van der Waals surface area (Å²) in [6.45, 7) is -1.02. The molecular weight excluding hydrogens is 470 g/mol. The Bertz CT molecular complexity index is 1400. The van der Waals surface area contributed by atoms with E-state index in [4.69, 9.17) is 9.47 Å². The number of aromatic nitrogens is 2. The molecule has 0 spiro atoms. The number of pyridine rings is 1. The standard InChI is InChI=1S/C26H24F2N4O4/c1-15(33)31-13-26(12-29,14-31)18-5-6-32-19(11-30-23(32)10-18)17-8-21(35-2)24(20(34)7-16-3-4-16)22(9-17)36-25(27)28/h5-6,8-11,16,25H,3-4,7,13-14H2,1-2H3. The van der Waals surface area contributed by atoms with Gasteiger partial charge in [0.05, 0.1) is 25.1 Å². The van der Waals surface area contributed by atoms with Gasteiger partial charge in [-0.1, -0.05) is 0 Å². The molecule has 1 saturated carbocycles. The third-order valence-corrected chi connectivity index (χ3v) is 6.89. The summed E-state index contributed by atoms with van der Waals surface area (Å²) in [4.78, 5) is 30.5. The molecule has 1 aromatic carbocycles. The molecule has 2 aromatic heterocycles. The number of benzene rings is 1. The zero-order chi connectivity index (χ0) is 25.6. The van der Waals surface area contributed by atoms with Crippen LogP contribution in [-0.4, -0.2) is 52.8 Å². The molecule has 2 aliphatic rings. The molecule has 0 unspecified atom stereocenters. The Morgan fingerprint density at radius 1 is 1.25 bits per heavy atom. The molecule has 2 fully saturated rings. The normalized spacial score (nSPS) is 16.5. The van der Waals surface area contributed by atoms with E-state index in [0.29, 0.717) is 30.0 Å². The minimum Gasteiger partial charge on any atom is -0.496 e. The molecule has 0 N–H and O–H groups in total. The number of Topliss-reactive ketones (excluding diaryl/α,β-unsaturated/α-hetero) is 1. The molecule has 0 atom stereocenters. The first-order valence-corrected chi connectivity index (χ1v) is 11.6. The first-order chi connectivity index (χ1) is 17.2. The van der Waals surface area contributed by atoms with Crippen molar-refractivity contribution in [1.82, 2.24) is 14.3 Å². The fraction of sp³-hybridized carbons (Fsp3) is 0.385. The van der Waals surface area contributed by atoms with Crippen molar-refractivity contribution < 1.29 is 27.8 Å². The summed E-state index contributed by atoms with van der Waals surface area (Å²) >= 11 is 0. The Kier molecular flexibility index (Phi) is 5.86. The van der Waals surface area contributed by atoms with Crippen LogP contribution in [0, 0.1) is 17.2 Å². The van der Waals surface area contributed by atoms with Crippen LogP contribution < -0.4 is 9.47 Å². The average molecular weight is 494 g/mol. The number of nitrogens with zero attached hydrogens (tertiary/aromatic N) is 4. The van der Waals surface area contributed by atoms with E-state index in [1.807, 2.05) is 0 Å². The minimum atomic E-state index is -3.11. The number of hydrogen-bond acceptors (Lipinski definition) is 6. The van der Waals surface area contributed by atoms with Crippen molar-refractivity contribution >= 4 is 17.3 Å². The van der Waals surface area contributed by atoms with Gasteiger partial charge in [-0.15, -0.1) is 0 Å². The lowest BCUT2D eigenvalue weighted by Gasteiger charge is -2.45. The highest BCUT2D eigenvalue weighted by atomic mass is 19.3. The van der Waals surface area contributed by atoms with Crippen LogP contribution in [0.4, 0.5) is 8.78 Å². The van der Waals surface area contributed by atoms with Gasteiger partial charge in [0.1, 0.15) is 28.1 Å². The quantitative estimate of drug-likeness (QED) is 0.435. The minimum absolute atomic E-state index is 0.0144. The van der Waals surface area contributed by atoms with Gasteiger partial charge in [-0.05, 0) is 48.6 Å². The van der Waals surface area contributed by atoms with E-state index >= 15 is 0 Å². The van der Waals surface area contributed by atoms with Crippen molar-refractivity contribution in [2.45, 2.75) is 38.2 Å². The molecular formula is C26H24F2N4O4. The number of halogens is 2. The van der Waals surface area contributed by atoms with Gasteiger partial charge in [0, 0.05) is 38.2 Å². The Balaban J connectivity index is 1.54. The largest absolute Gasteiger partial charge is 0.496 e. The predicted molar refractivity (Wildman–Crippen MR) is 125 cm³/mol. The molecule has 1 aliphatic heterocycles. The Labute approximate surface area is 206 Å². The summed E-state index contributed by atoms with van der Waals surface area (Å²) in [5.74, 6) is -0.188. The lowest BCUT2D eigenvalue weighted by molar-refractivity contribution is -0.134. The van der Waals surface area contributed by atoms with Crippen molar-refractivity contribution in [3.8, 4) is 28.8 Å². The Morgan fingerprint density at radius 2 is 1.97 bits per heavy atom. The highest BCUT2D eigenvalue weighted by molar-refractivity contribution is 6.02. The van der Waals surface area contributed by atoms with Crippen LogP contribution in [0.15, 0.2) is 36.7 Å². The molecule has 1 amide bonds. The van der Waals surface area contributed by atoms with Crippen molar-refractivity contribution in [3.63, 3.8) is 0 Å². The fourth-order valence-corrected chi connectivity index (χ4v) is 4.69. The van der Waals surface area contributed by atoms with Gasteiger partial charge in [0.2, 0.25) is 5.91 Å².